The molecule has 2 heteroatoms. The topological polar surface area (TPSA) is 9.23 Å². The van der Waals surface area contributed by atoms with Gasteiger partial charge in [0, 0.05) is 12.4 Å². The van der Waals surface area contributed by atoms with Crippen LogP contribution < -0.4 is 0 Å². The summed E-state index contributed by atoms with van der Waals surface area (Å²) in [6.45, 7) is 5.55. The fourth-order valence-electron chi connectivity index (χ4n) is 0.738. The number of ether oxygens (including phenoxy) is 1. The van der Waals surface area contributed by atoms with Crippen LogP contribution in [0.1, 0.15) is 6.42 Å². The summed E-state index contributed by atoms with van der Waals surface area (Å²) in [5.74, 6) is 2.30. The maximum Gasteiger partial charge on any atom is 0.0682 e. The van der Waals surface area contributed by atoms with E-state index in [0.29, 0.717) is 0 Å². The molecule has 1 aliphatic heterocycles. The first kappa shape index (κ1) is 7.16. The highest BCUT2D eigenvalue weighted by molar-refractivity contribution is 7.99. The highest BCUT2D eigenvalue weighted by Gasteiger charge is 1.99. The lowest BCUT2D eigenvalue weighted by Gasteiger charge is -2.10. The van der Waals surface area contributed by atoms with Crippen LogP contribution in [-0.4, -0.2) is 24.7 Å². The fourth-order valence-corrected chi connectivity index (χ4v) is 1.58. The lowest BCUT2D eigenvalue weighted by atomic mass is 10.4. The first-order valence-corrected chi connectivity index (χ1v) is 4.37. The monoisotopic (exact) mass is 144 g/mol. The molecule has 0 aromatic carbocycles. The van der Waals surface area contributed by atoms with Crippen molar-refractivity contribution in [3.05, 3.63) is 12.2 Å². The second-order valence-electron chi connectivity index (χ2n) is 2.21. The number of thioether (sulfide) groups is 1. The van der Waals surface area contributed by atoms with Gasteiger partial charge < -0.3 is 4.74 Å². The van der Waals surface area contributed by atoms with E-state index in [1.54, 1.807) is 0 Å². The summed E-state index contributed by atoms with van der Waals surface area (Å²) >= 11 is 1.96. The average Bonchev–Trinajstić information content (AvgIpc) is 1.79. The largest absolute Gasteiger partial charge is 0.377 e. The van der Waals surface area contributed by atoms with Crippen LogP contribution in [0.25, 0.3) is 0 Å². The minimum Gasteiger partial charge on any atom is -0.377 e. The van der Waals surface area contributed by atoms with Crippen LogP contribution in [-0.2, 0) is 4.74 Å². The zero-order valence-corrected chi connectivity index (χ0v) is 6.38. The van der Waals surface area contributed by atoms with Gasteiger partial charge in [-0.2, -0.15) is 11.8 Å². The summed E-state index contributed by atoms with van der Waals surface area (Å²) in [4.78, 5) is 0. The van der Waals surface area contributed by atoms with Crippen molar-refractivity contribution in [1.29, 1.82) is 0 Å². The van der Waals surface area contributed by atoms with Gasteiger partial charge in [0.2, 0.25) is 0 Å². The van der Waals surface area contributed by atoms with Crippen molar-refractivity contribution in [2.24, 2.45) is 0 Å². The fraction of sp³-hybridized carbons (Fsp3) is 0.714. The van der Waals surface area contributed by atoms with E-state index in [1.807, 2.05) is 11.8 Å². The molecule has 1 saturated heterocycles. The van der Waals surface area contributed by atoms with E-state index in [0.717, 1.165) is 19.0 Å². The number of hydrogen-bond donors (Lipinski definition) is 0. The minimum atomic E-state index is 0.771. The van der Waals surface area contributed by atoms with Crippen LogP contribution >= 0.6 is 11.8 Å². The molecule has 0 spiro atoms. The third kappa shape index (κ3) is 2.92. The van der Waals surface area contributed by atoms with Gasteiger partial charge >= 0.3 is 0 Å². The molecule has 0 bridgehead atoms. The van der Waals surface area contributed by atoms with Crippen molar-refractivity contribution in [2.45, 2.75) is 6.42 Å². The molecule has 0 N–H and O–H groups in total. The van der Waals surface area contributed by atoms with Crippen molar-refractivity contribution in [3.63, 3.8) is 0 Å². The Morgan fingerprint density at radius 3 is 3.33 bits per heavy atom. The summed E-state index contributed by atoms with van der Waals surface area (Å²) in [6, 6.07) is 0. The highest BCUT2D eigenvalue weighted by Crippen LogP contribution is 2.11. The predicted octanol–water partition coefficient (Wildman–Crippen LogP) is 1.70. The Morgan fingerprint density at radius 2 is 2.44 bits per heavy atom. The Bertz CT molecular complexity index is 91.1. The van der Waals surface area contributed by atoms with Gasteiger partial charge in [-0.1, -0.05) is 6.58 Å². The molecule has 1 rings (SSSR count). The van der Waals surface area contributed by atoms with Crippen LogP contribution in [0.2, 0.25) is 0 Å². The zero-order valence-electron chi connectivity index (χ0n) is 5.56. The average molecular weight is 144 g/mol. The van der Waals surface area contributed by atoms with Gasteiger partial charge in [-0.05, 0) is 17.7 Å². The van der Waals surface area contributed by atoms with Crippen LogP contribution in [0.3, 0.4) is 0 Å². The maximum atomic E-state index is 5.27. The lowest BCUT2D eigenvalue weighted by Crippen LogP contribution is -2.05. The second-order valence-corrected chi connectivity index (χ2v) is 3.31. The normalized spacial score (nSPS) is 22.9. The third-order valence-corrected chi connectivity index (χ3v) is 2.38. The molecular formula is C7H12OS. The molecule has 1 heterocycles. The standard InChI is InChI=1S/C7H12OS/c1-7-5-8-3-2-4-9-6-7/h1-6H2. The van der Waals surface area contributed by atoms with Gasteiger partial charge in [-0.15, -0.1) is 0 Å². The molecule has 52 valence electrons. The van der Waals surface area contributed by atoms with Gasteiger partial charge in [-0.25, -0.2) is 0 Å². The van der Waals surface area contributed by atoms with E-state index in [1.165, 1.54) is 17.7 Å². The summed E-state index contributed by atoms with van der Waals surface area (Å²) in [5, 5.41) is 0. The molecule has 0 amide bonds. The summed E-state index contributed by atoms with van der Waals surface area (Å²) in [7, 11) is 0. The molecule has 1 aliphatic rings. The van der Waals surface area contributed by atoms with Crippen LogP contribution in [0.5, 0.6) is 0 Å². The quantitative estimate of drug-likeness (QED) is 0.478. The van der Waals surface area contributed by atoms with Gasteiger partial charge in [0.15, 0.2) is 0 Å². The Balaban J connectivity index is 2.20. The Kier molecular flexibility index (Phi) is 3.15. The predicted molar refractivity (Wildman–Crippen MR) is 41.9 cm³/mol. The zero-order chi connectivity index (χ0) is 6.53. The first-order valence-electron chi connectivity index (χ1n) is 3.22. The maximum absolute atomic E-state index is 5.27. The Labute approximate surface area is 60.5 Å². The van der Waals surface area contributed by atoms with Crippen molar-refractivity contribution in [1.82, 2.24) is 0 Å². The van der Waals surface area contributed by atoms with E-state index in [4.69, 9.17) is 4.74 Å². The molecule has 0 unspecified atom stereocenters. The summed E-state index contributed by atoms with van der Waals surface area (Å²) in [5.41, 5.74) is 1.22. The van der Waals surface area contributed by atoms with Gasteiger partial charge in [0.25, 0.3) is 0 Å². The van der Waals surface area contributed by atoms with E-state index < -0.39 is 0 Å². The first-order chi connectivity index (χ1) is 4.39. The van der Waals surface area contributed by atoms with E-state index in [2.05, 4.69) is 6.58 Å². The third-order valence-electron chi connectivity index (χ3n) is 1.19. The Hall–Kier alpha value is 0.0500. The molecule has 0 atom stereocenters. The van der Waals surface area contributed by atoms with E-state index in [9.17, 15) is 0 Å². The molecule has 0 saturated carbocycles. The molecule has 0 aromatic heterocycles. The SMILES string of the molecule is C=C1COCCCSC1. The highest BCUT2D eigenvalue weighted by atomic mass is 32.2. The van der Waals surface area contributed by atoms with Gasteiger partial charge in [-0.3, -0.25) is 0 Å². The molecule has 9 heavy (non-hydrogen) atoms. The summed E-state index contributed by atoms with van der Waals surface area (Å²) < 4.78 is 5.27. The van der Waals surface area contributed by atoms with Crippen LogP contribution in [0, 0.1) is 0 Å². The van der Waals surface area contributed by atoms with Crippen LogP contribution in [0.15, 0.2) is 12.2 Å². The number of hydrogen-bond acceptors (Lipinski definition) is 2. The second kappa shape index (κ2) is 3.96. The van der Waals surface area contributed by atoms with Crippen molar-refractivity contribution in [3.8, 4) is 0 Å². The molecule has 0 radical (unpaired) electrons. The lowest BCUT2D eigenvalue weighted by molar-refractivity contribution is 0.157. The van der Waals surface area contributed by atoms with Crippen molar-refractivity contribution >= 4 is 11.8 Å². The van der Waals surface area contributed by atoms with Crippen molar-refractivity contribution in [2.75, 3.05) is 24.7 Å². The van der Waals surface area contributed by atoms with E-state index in [-0.39, 0.29) is 0 Å². The van der Waals surface area contributed by atoms with Crippen molar-refractivity contribution < 1.29 is 4.74 Å². The Morgan fingerprint density at radius 1 is 1.56 bits per heavy atom. The van der Waals surface area contributed by atoms with Crippen LogP contribution in [0.4, 0.5) is 0 Å². The molecule has 1 nitrogen and oxygen atoms in total. The smallest absolute Gasteiger partial charge is 0.0682 e. The number of rotatable bonds is 0. The minimum absolute atomic E-state index is 0.771. The molecule has 0 aromatic rings. The van der Waals surface area contributed by atoms with E-state index >= 15 is 0 Å². The summed E-state index contributed by atoms with van der Waals surface area (Å²) in [6.07, 6.45) is 1.19. The molecule has 1 fully saturated rings. The molecule has 0 aliphatic carbocycles. The van der Waals surface area contributed by atoms with Gasteiger partial charge in [0.1, 0.15) is 0 Å². The van der Waals surface area contributed by atoms with Gasteiger partial charge in [0.05, 0.1) is 6.61 Å². The molecular weight excluding hydrogens is 132 g/mol.